The maximum Gasteiger partial charge on any atom is 0.111 e. The van der Waals surface area contributed by atoms with Crippen molar-refractivity contribution in [2.45, 2.75) is 49.3 Å². The van der Waals surface area contributed by atoms with Gasteiger partial charge >= 0.3 is 0 Å². The number of nitrogens with one attached hydrogen (secondary N) is 2. The van der Waals surface area contributed by atoms with Crippen LogP contribution in [0.1, 0.15) is 44.2 Å². The number of hydrogen-bond donors (Lipinski definition) is 2. The maximum absolute atomic E-state index is 3.77. The van der Waals surface area contributed by atoms with E-state index < -0.39 is 0 Å². The van der Waals surface area contributed by atoms with Gasteiger partial charge in [0, 0.05) is 5.75 Å². The standard InChI is InChI=1S/C13H22N6S2/c1(2-4-6-8-21-13-10-15-19-17-13)3-5-7-20-11-12-9-14-18-16-12/h9-10H,1-8,11H2,(H,14,16,18)(H,15,17,19). The largest absolute Gasteiger partial charge is 0.261 e. The molecule has 0 radical (unpaired) electrons. The Kier molecular flexibility index (Phi) is 8.31. The van der Waals surface area contributed by atoms with Crippen LogP contribution in [0.3, 0.4) is 0 Å². The number of thioether (sulfide) groups is 2. The molecular weight excluding hydrogens is 304 g/mol. The number of nitrogens with zero attached hydrogens (tertiary/aromatic N) is 4. The first-order valence-electron chi connectivity index (χ1n) is 7.36. The number of rotatable bonds is 12. The lowest BCUT2D eigenvalue weighted by molar-refractivity contribution is 0.629. The number of unbranched alkanes of at least 4 members (excludes halogenated alkanes) is 5. The summed E-state index contributed by atoms with van der Waals surface area (Å²) in [5.41, 5.74) is 1.12. The van der Waals surface area contributed by atoms with Crippen molar-refractivity contribution in [3.05, 3.63) is 18.1 Å². The molecule has 0 fully saturated rings. The van der Waals surface area contributed by atoms with Gasteiger partial charge in [0.15, 0.2) is 0 Å². The normalized spacial score (nSPS) is 11.0. The molecule has 0 aliphatic carbocycles. The van der Waals surface area contributed by atoms with E-state index in [0.717, 1.165) is 22.2 Å². The van der Waals surface area contributed by atoms with Crippen molar-refractivity contribution in [3.8, 4) is 0 Å². The van der Waals surface area contributed by atoms with Crippen molar-refractivity contribution in [3.63, 3.8) is 0 Å². The van der Waals surface area contributed by atoms with Gasteiger partial charge in [0.2, 0.25) is 0 Å². The second-order valence-electron chi connectivity index (χ2n) is 4.82. The van der Waals surface area contributed by atoms with Crippen molar-refractivity contribution in [1.29, 1.82) is 0 Å². The average Bonchev–Trinajstić information content (AvgIpc) is 3.18. The highest BCUT2D eigenvalue weighted by atomic mass is 32.2. The van der Waals surface area contributed by atoms with Crippen molar-refractivity contribution in [1.82, 2.24) is 30.8 Å². The fraction of sp³-hybridized carbons (Fsp3) is 0.692. The van der Waals surface area contributed by atoms with Gasteiger partial charge in [-0.3, -0.25) is 10.2 Å². The molecule has 6 nitrogen and oxygen atoms in total. The molecule has 0 saturated heterocycles. The summed E-state index contributed by atoms with van der Waals surface area (Å²) < 4.78 is 0. The molecule has 2 aromatic rings. The molecule has 0 bridgehead atoms. The van der Waals surface area contributed by atoms with Gasteiger partial charge in [-0.05, 0) is 24.3 Å². The fourth-order valence-electron chi connectivity index (χ4n) is 1.93. The van der Waals surface area contributed by atoms with Crippen molar-refractivity contribution in [2.75, 3.05) is 11.5 Å². The smallest absolute Gasteiger partial charge is 0.111 e. The van der Waals surface area contributed by atoms with E-state index in [1.165, 1.54) is 44.3 Å². The van der Waals surface area contributed by atoms with Crippen LogP contribution in [-0.4, -0.2) is 42.3 Å². The van der Waals surface area contributed by atoms with E-state index >= 15 is 0 Å². The van der Waals surface area contributed by atoms with E-state index in [4.69, 9.17) is 0 Å². The Hall–Kier alpha value is -1.02. The quantitative estimate of drug-likeness (QED) is 0.460. The SMILES string of the molecule is c1nn[nH]c1CSCCCCCCCCSc1cnn[nH]1. The van der Waals surface area contributed by atoms with E-state index in [-0.39, 0.29) is 0 Å². The monoisotopic (exact) mass is 326 g/mol. The Labute approximate surface area is 133 Å². The second kappa shape index (κ2) is 10.7. The van der Waals surface area contributed by atoms with E-state index in [1.807, 2.05) is 11.8 Å². The highest BCUT2D eigenvalue weighted by Crippen LogP contribution is 2.17. The highest BCUT2D eigenvalue weighted by Gasteiger charge is 1.97. The first-order valence-corrected chi connectivity index (χ1v) is 9.50. The van der Waals surface area contributed by atoms with Gasteiger partial charge in [-0.25, -0.2) is 0 Å². The molecule has 0 amide bonds. The van der Waals surface area contributed by atoms with Gasteiger partial charge in [-0.2, -0.15) is 11.8 Å². The molecule has 0 aliphatic heterocycles. The second-order valence-corrected chi connectivity index (χ2v) is 7.07. The van der Waals surface area contributed by atoms with Gasteiger partial charge in [0.1, 0.15) is 5.03 Å². The third-order valence-corrected chi connectivity index (χ3v) is 5.15. The van der Waals surface area contributed by atoms with Crippen molar-refractivity contribution >= 4 is 23.5 Å². The molecule has 0 unspecified atom stereocenters. The predicted octanol–water partition coefficient (Wildman–Crippen LogP) is 3.29. The molecule has 2 N–H and O–H groups in total. The Bertz CT molecular complexity index is 403. The first-order chi connectivity index (χ1) is 10.4. The third-order valence-electron chi connectivity index (χ3n) is 3.06. The predicted molar refractivity (Wildman–Crippen MR) is 87.4 cm³/mol. The lowest BCUT2D eigenvalue weighted by Gasteiger charge is -2.02. The van der Waals surface area contributed by atoms with Crippen LogP contribution in [0.4, 0.5) is 0 Å². The minimum Gasteiger partial charge on any atom is -0.261 e. The molecule has 0 aromatic carbocycles. The highest BCUT2D eigenvalue weighted by molar-refractivity contribution is 7.99. The molecule has 2 heterocycles. The third kappa shape index (κ3) is 7.52. The molecule has 8 heteroatoms. The Morgan fingerprint density at radius 1 is 0.810 bits per heavy atom. The van der Waals surface area contributed by atoms with E-state index in [0.29, 0.717) is 0 Å². The lowest BCUT2D eigenvalue weighted by atomic mass is 10.1. The van der Waals surface area contributed by atoms with Crippen LogP contribution in [0, 0.1) is 0 Å². The molecular formula is C13H22N6S2. The molecule has 0 aliphatic rings. The summed E-state index contributed by atoms with van der Waals surface area (Å²) in [6, 6.07) is 0. The molecule has 0 atom stereocenters. The summed E-state index contributed by atoms with van der Waals surface area (Å²) in [4.78, 5) is 0. The topological polar surface area (TPSA) is 83.1 Å². The van der Waals surface area contributed by atoms with Gasteiger partial charge in [0.05, 0.1) is 18.1 Å². The Balaban J connectivity index is 1.31. The first kappa shape index (κ1) is 16.4. The Morgan fingerprint density at radius 2 is 1.52 bits per heavy atom. The zero-order valence-electron chi connectivity index (χ0n) is 12.1. The molecule has 0 saturated carbocycles. The van der Waals surface area contributed by atoms with Crippen LogP contribution < -0.4 is 0 Å². The zero-order valence-corrected chi connectivity index (χ0v) is 13.8. The molecule has 21 heavy (non-hydrogen) atoms. The van der Waals surface area contributed by atoms with Crippen molar-refractivity contribution < 1.29 is 0 Å². The lowest BCUT2D eigenvalue weighted by Crippen LogP contribution is -1.86. The average molecular weight is 326 g/mol. The minimum absolute atomic E-state index is 0.993. The van der Waals surface area contributed by atoms with Crippen LogP contribution in [0.5, 0.6) is 0 Å². The van der Waals surface area contributed by atoms with Crippen molar-refractivity contribution in [2.24, 2.45) is 0 Å². The number of aromatic nitrogens is 6. The van der Waals surface area contributed by atoms with Gasteiger partial charge < -0.3 is 0 Å². The number of H-pyrrole nitrogens is 2. The van der Waals surface area contributed by atoms with Crippen LogP contribution in [-0.2, 0) is 5.75 Å². The van der Waals surface area contributed by atoms with Crippen LogP contribution in [0.15, 0.2) is 17.4 Å². The van der Waals surface area contributed by atoms with E-state index in [1.54, 1.807) is 24.2 Å². The number of aromatic amines is 2. The Morgan fingerprint density at radius 3 is 2.24 bits per heavy atom. The summed E-state index contributed by atoms with van der Waals surface area (Å²) in [7, 11) is 0. The maximum atomic E-state index is 3.77. The van der Waals surface area contributed by atoms with E-state index in [2.05, 4.69) is 30.8 Å². The summed E-state index contributed by atoms with van der Waals surface area (Å²) in [5, 5.41) is 21.8. The molecule has 116 valence electrons. The van der Waals surface area contributed by atoms with Crippen LogP contribution >= 0.6 is 23.5 Å². The van der Waals surface area contributed by atoms with Gasteiger partial charge in [-0.15, -0.1) is 22.0 Å². The zero-order chi connectivity index (χ0) is 14.6. The summed E-state index contributed by atoms with van der Waals surface area (Å²) in [6.45, 7) is 0. The summed E-state index contributed by atoms with van der Waals surface area (Å²) in [5.74, 6) is 3.37. The summed E-state index contributed by atoms with van der Waals surface area (Å²) >= 11 is 3.76. The van der Waals surface area contributed by atoms with Gasteiger partial charge in [0.25, 0.3) is 0 Å². The molecule has 0 spiro atoms. The van der Waals surface area contributed by atoms with E-state index in [9.17, 15) is 0 Å². The van der Waals surface area contributed by atoms with Gasteiger partial charge in [-0.1, -0.05) is 36.1 Å². The van der Waals surface area contributed by atoms with Crippen LogP contribution in [0.2, 0.25) is 0 Å². The fourth-order valence-corrected chi connectivity index (χ4v) is 3.63. The minimum atomic E-state index is 0.993. The molecule has 2 rings (SSSR count). The summed E-state index contributed by atoms with van der Waals surface area (Å²) in [6.07, 6.45) is 11.5. The number of hydrogen-bond acceptors (Lipinski definition) is 6. The van der Waals surface area contributed by atoms with Crippen LogP contribution in [0.25, 0.3) is 0 Å². The molecule has 2 aromatic heterocycles.